The minimum atomic E-state index is -0.484. The normalized spacial score (nSPS) is 9.95. The van der Waals surface area contributed by atoms with E-state index in [4.69, 9.17) is 10.5 Å². The summed E-state index contributed by atoms with van der Waals surface area (Å²) in [6.07, 6.45) is 0. The number of nitrogens with zero attached hydrogens (tertiary/aromatic N) is 2. The summed E-state index contributed by atoms with van der Waals surface area (Å²) in [4.78, 5) is 26.7. The van der Waals surface area contributed by atoms with Gasteiger partial charge in [-0.2, -0.15) is 4.98 Å². The summed E-state index contributed by atoms with van der Waals surface area (Å²) < 4.78 is 5.27. The number of hydrogen-bond acceptors (Lipinski definition) is 6. The summed E-state index contributed by atoms with van der Waals surface area (Å²) in [5, 5.41) is 11.0. The Morgan fingerprint density at radius 1 is 1.43 bits per heavy atom. The number of aromatic amines is 1. The molecule has 0 fully saturated rings. The molecule has 2 amide bonds. The Balaban J connectivity index is 2.00. The largest absolute Gasteiger partial charge is 0.484 e. The minimum absolute atomic E-state index is 0.00387. The number of nitrogen functional groups attached to an aromatic ring is 1. The van der Waals surface area contributed by atoms with E-state index in [-0.39, 0.29) is 24.3 Å². The molecule has 1 heterocycles. The number of hydrogen-bond donors (Lipinski definition) is 4. The van der Waals surface area contributed by atoms with Crippen LogP contribution in [0.4, 0.5) is 11.6 Å². The van der Waals surface area contributed by atoms with E-state index in [0.717, 1.165) is 0 Å². The van der Waals surface area contributed by atoms with Crippen molar-refractivity contribution in [3.8, 4) is 5.75 Å². The molecule has 2 aromatic rings. The van der Waals surface area contributed by atoms with E-state index < -0.39 is 5.91 Å². The van der Waals surface area contributed by atoms with Crippen LogP contribution in [-0.2, 0) is 4.79 Å². The number of rotatable bonds is 5. The van der Waals surface area contributed by atoms with Crippen LogP contribution in [0, 0.1) is 0 Å². The van der Waals surface area contributed by atoms with Gasteiger partial charge in [0.15, 0.2) is 6.61 Å². The minimum Gasteiger partial charge on any atom is -0.484 e. The number of amides is 2. The predicted octanol–water partition coefficient (Wildman–Crippen LogP) is -0.236. The second-order valence-corrected chi connectivity index (χ2v) is 3.99. The number of carbonyl (C=O) groups is 2. The SMILES string of the molecule is CNC(=O)COc1cccc(NC(=O)c2nc(N)n[nH]2)c1. The molecule has 0 radical (unpaired) electrons. The Morgan fingerprint density at radius 3 is 2.90 bits per heavy atom. The van der Waals surface area contributed by atoms with Gasteiger partial charge in [0.05, 0.1) is 0 Å². The molecule has 21 heavy (non-hydrogen) atoms. The smallest absolute Gasteiger partial charge is 0.293 e. The molecular formula is C12H14N6O3. The van der Waals surface area contributed by atoms with Crippen molar-refractivity contribution in [3.05, 3.63) is 30.1 Å². The summed E-state index contributed by atoms with van der Waals surface area (Å²) in [5.74, 6) is -0.287. The molecule has 5 N–H and O–H groups in total. The van der Waals surface area contributed by atoms with Crippen LogP contribution in [0.1, 0.15) is 10.6 Å². The molecule has 0 aliphatic heterocycles. The summed E-state index contributed by atoms with van der Waals surface area (Å²) in [5.41, 5.74) is 5.81. The van der Waals surface area contributed by atoms with Crippen molar-refractivity contribution < 1.29 is 14.3 Å². The fraction of sp³-hybridized carbons (Fsp3) is 0.167. The lowest BCUT2D eigenvalue weighted by Crippen LogP contribution is -2.24. The van der Waals surface area contributed by atoms with Crippen LogP contribution in [0.5, 0.6) is 5.75 Å². The topological polar surface area (TPSA) is 135 Å². The van der Waals surface area contributed by atoms with Gasteiger partial charge in [-0.25, -0.2) is 0 Å². The van der Waals surface area contributed by atoms with Crippen LogP contribution in [0.15, 0.2) is 24.3 Å². The highest BCUT2D eigenvalue weighted by Gasteiger charge is 2.11. The van der Waals surface area contributed by atoms with Crippen molar-refractivity contribution in [2.45, 2.75) is 0 Å². The average molecular weight is 290 g/mol. The molecule has 0 atom stereocenters. The quantitative estimate of drug-likeness (QED) is 0.600. The Bertz CT molecular complexity index is 654. The summed E-state index contributed by atoms with van der Waals surface area (Å²) in [6, 6.07) is 6.61. The molecule has 0 unspecified atom stereocenters. The second-order valence-electron chi connectivity index (χ2n) is 3.99. The van der Waals surface area contributed by atoms with Crippen LogP contribution in [0.2, 0.25) is 0 Å². The van der Waals surface area contributed by atoms with Crippen LogP contribution >= 0.6 is 0 Å². The number of carbonyl (C=O) groups excluding carboxylic acids is 2. The Morgan fingerprint density at radius 2 is 2.24 bits per heavy atom. The first-order valence-corrected chi connectivity index (χ1v) is 6.01. The molecule has 0 bridgehead atoms. The highest BCUT2D eigenvalue weighted by molar-refractivity contribution is 6.01. The number of benzene rings is 1. The van der Waals surface area contributed by atoms with E-state index in [1.165, 1.54) is 7.05 Å². The standard InChI is InChI=1S/C12H14N6O3/c1-14-9(19)6-21-8-4-2-3-7(5-8)15-11(20)10-16-12(13)18-17-10/h2-5H,6H2,1H3,(H,14,19)(H,15,20)(H3,13,16,17,18). The third-order valence-electron chi connectivity index (χ3n) is 2.46. The summed E-state index contributed by atoms with van der Waals surface area (Å²) in [7, 11) is 1.52. The van der Waals surface area contributed by atoms with Crippen molar-refractivity contribution in [1.82, 2.24) is 20.5 Å². The molecule has 9 nitrogen and oxygen atoms in total. The van der Waals surface area contributed by atoms with Crippen molar-refractivity contribution in [2.24, 2.45) is 0 Å². The third kappa shape index (κ3) is 3.93. The molecular weight excluding hydrogens is 276 g/mol. The van der Waals surface area contributed by atoms with Gasteiger partial charge in [-0.1, -0.05) is 6.07 Å². The Hall–Kier alpha value is -3.10. The third-order valence-corrected chi connectivity index (χ3v) is 2.46. The zero-order chi connectivity index (χ0) is 15.2. The fourth-order valence-electron chi connectivity index (χ4n) is 1.45. The average Bonchev–Trinajstić information content (AvgIpc) is 2.92. The second kappa shape index (κ2) is 6.37. The molecule has 9 heteroatoms. The Kier molecular flexibility index (Phi) is 4.34. The summed E-state index contributed by atoms with van der Waals surface area (Å²) in [6.45, 7) is -0.105. The molecule has 0 aliphatic rings. The van der Waals surface area contributed by atoms with Gasteiger partial charge in [0.25, 0.3) is 11.8 Å². The molecule has 1 aromatic heterocycles. The van der Waals surface area contributed by atoms with Crippen molar-refractivity contribution in [1.29, 1.82) is 0 Å². The molecule has 0 saturated heterocycles. The molecule has 0 spiro atoms. The van der Waals surface area contributed by atoms with Crippen molar-refractivity contribution in [2.75, 3.05) is 24.7 Å². The lowest BCUT2D eigenvalue weighted by Gasteiger charge is -2.07. The lowest BCUT2D eigenvalue weighted by molar-refractivity contribution is -0.122. The maximum Gasteiger partial charge on any atom is 0.293 e. The molecule has 0 saturated carbocycles. The maximum atomic E-state index is 11.8. The van der Waals surface area contributed by atoms with E-state index in [2.05, 4.69) is 25.8 Å². The van der Waals surface area contributed by atoms with E-state index in [1.807, 2.05) is 0 Å². The van der Waals surface area contributed by atoms with Crippen molar-refractivity contribution >= 4 is 23.5 Å². The van der Waals surface area contributed by atoms with Gasteiger partial charge in [0.1, 0.15) is 5.75 Å². The first kappa shape index (κ1) is 14.3. The Labute approximate surface area is 119 Å². The number of aromatic nitrogens is 3. The number of ether oxygens (including phenoxy) is 1. The van der Waals surface area contributed by atoms with E-state index in [1.54, 1.807) is 24.3 Å². The zero-order valence-electron chi connectivity index (χ0n) is 11.2. The molecule has 0 aliphatic carbocycles. The van der Waals surface area contributed by atoms with Crippen LogP contribution in [-0.4, -0.2) is 40.7 Å². The molecule has 1 aromatic carbocycles. The van der Waals surface area contributed by atoms with E-state index in [0.29, 0.717) is 11.4 Å². The highest BCUT2D eigenvalue weighted by atomic mass is 16.5. The van der Waals surface area contributed by atoms with Gasteiger partial charge in [-0.3, -0.25) is 14.7 Å². The summed E-state index contributed by atoms with van der Waals surface area (Å²) >= 11 is 0. The number of anilines is 2. The number of nitrogens with two attached hydrogens (primary N) is 1. The first-order valence-electron chi connectivity index (χ1n) is 6.01. The van der Waals surface area contributed by atoms with Gasteiger partial charge in [-0.15, -0.1) is 5.10 Å². The van der Waals surface area contributed by atoms with Gasteiger partial charge >= 0.3 is 0 Å². The fourth-order valence-corrected chi connectivity index (χ4v) is 1.45. The molecule has 110 valence electrons. The van der Waals surface area contributed by atoms with Gasteiger partial charge in [0.2, 0.25) is 11.8 Å². The predicted molar refractivity (Wildman–Crippen MR) is 74.8 cm³/mol. The number of nitrogens with one attached hydrogen (secondary N) is 3. The maximum absolute atomic E-state index is 11.8. The van der Waals surface area contributed by atoms with Crippen LogP contribution in [0.25, 0.3) is 0 Å². The van der Waals surface area contributed by atoms with Crippen molar-refractivity contribution in [3.63, 3.8) is 0 Å². The number of H-pyrrole nitrogens is 1. The number of likely N-dealkylation sites (N-methyl/N-ethyl adjacent to an activating group) is 1. The van der Waals surface area contributed by atoms with Crippen LogP contribution in [0.3, 0.4) is 0 Å². The van der Waals surface area contributed by atoms with Gasteiger partial charge in [0, 0.05) is 18.8 Å². The van der Waals surface area contributed by atoms with Crippen LogP contribution < -0.4 is 21.1 Å². The highest BCUT2D eigenvalue weighted by Crippen LogP contribution is 2.17. The lowest BCUT2D eigenvalue weighted by atomic mass is 10.3. The first-order chi connectivity index (χ1) is 10.1. The van der Waals surface area contributed by atoms with E-state index in [9.17, 15) is 9.59 Å². The van der Waals surface area contributed by atoms with Gasteiger partial charge < -0.3 is 21.1 Å². The zero-order valence-corrected chi connectivity index (χ0v) is 11.2. The monoisotopic (exact) mass is 290 g/mol. The molecule has 2 rings (SSSR count). The van der Waals surface area contributed by atoms with Gasteiger partial charge in [-0.05, 0) is 12.1 Å². The van der Waals surface area contributed by atoms with E-state index >= 15 is 0 Å².